The molecule has 0 saturated carbocycles. The highest BCUT2D eigenvalue weighted by molar-refractivity contribution is 5.64. The monoisotopic (exact) mass is 248 g/mol. The fraction of sp³-hybridized carbons (Fsp3) is 0.500. The second-order valence-corrected chi connectivity index (χ2v) is 4.76. The Kier molecular flexibility index (Phi) is 4.20. The first kappa shape index (κ1) is 12.9. The molecular formula is C14H20N2O2. The van der Waals surface area contributed by atoms with Crippen LogP contribution in [0.25, 0.3) is 0 Å². The lowest BCUT2D eigenvalue weighted by atomic mass is 10.0. The molecule has 0 radical (unpaired) electrons. The first-order valence-electron chi connectivity index (χ1n) is 6.49. The van der Waals surface area contributed by atoms with Gasteiger partial charge in [-0.15, -0.1) is 0 Å². The highest BCUT2D eigenvalue weighted by Gasteiger charge is 2.28. The lowest BCUT2D eigenvalue weighted by Crippen LogP contribution is -2.36. The zero-order valence-corrected chi connectivity index (χ0v) is 10.7. The minimum Gasteiger partial charge on any atom is -0.465 e. The van der Waals surface area contributed by atoms with Gasteiger partial charge in [0, 0.05) is 25.2 Å². The zero-order chi connectivity index (χ0) is 13.0. The van der Waals surface area contributed by atoms with E-state index in [-0.39, 0.29) is 6.04 Å². The molecular weight excluding hydrogens is 228 g/mol. The zero-order valence-electron chi connectivity index (χ0n) is 10.7. The van der Waals surface area contributed by atoms with E-state index in [1.54, 1.807) is 0 Å². The highest BCUT2D eigenvalue weighted by Crippen LogP contribution is 2.27. The largest absolute Gasteiger partial charge is 0.465 e. The van der Waals surface area contributed by atoms with Gasteiger partial charge in [0.05, 0.1) is 0 Å². The van der Waals surface area contributed by atoms with E-state index in [1.165, 1.54) is 5.56 Å². The van der Waals surface area contributed by atoms with Crippen LogP contribution in [0.1, 0.15) is 31.4 Å². The van der Waals surface area contributed by atoms with Crippen LogP contribution in [0.4, 0.5) is 4.79 Å². The summed E-state index contributed by atoms with van der Waals surface area (Å²) < 4.78 is 0. The molecule has 1 saturated heterocycles. The fourth-order valence-corrected chi connectivity index (χ4v) is 2.74. The number of amides is 1. The van der Waals surface area contributed by atoms with Gasteiger partial charge in [-0.2, -0.15) is 0 Å². The van der Waals surface area contributed by atoms with Gasteiger partial charge in [0.1, 0.15) is 0 Å². The van der Waals surface area contributed by atoms with E-state index in [4.69, 9.17) is 5.11 Å². The minimum atomic E-state index is -0.922. The van der Waals surface area contributed by atoms with Gasteiger partial charge >= 0.3 is 6.09 Å². The summed E-state index contributed by atoms with van der Waals surface area (Å²) in [7, 11) is 0. The molecule has 1 fully saturated rings. The van der Waals surface area contributed by atoms with E-state index < -0.39 is 6.09 Å². The molecule has 1 aliphatic rings. The Bertz CT molecular complexity index is 394. The summed E-state index contributed by atoms with van der Waals surface area (Å²) in [6.45, 7) is 3.94. The van der Waals surface area contributed by atoms with Gasteiger partial charge in [-0.25, -0.2) is 4.79 Å². The van der Waals surface area contributed by atoms with Crippen LogP contribution in [-0.2, 0) is 0 Å². The lowest BCUT2D eigenvalue weighted by molar-refractivity contribution is 0.187. The minimum absolute atomic E-state index is 0.0697. The SMILES string of the molecule is CCC(c1ccccc1)N1CC[C@H](NC(=O)O)C1. The Hall–Kier alpha value is -1.55. The maximum Gasteiger partial charge on any atom is 0.404 e. The normalized spacial score (nSPS) is 21.7. The summed E-state index contributed by atoms with van der Waals surface area (Å²) in [6, 6.07) is 10.9. The average Bonchev–Trinajstić information content (AvgIpc) is 2.79. The molecule has 0 aromatic heterocycles. The van der Waals surface area contributed by atoms with Gasteiger partial charge < -0.3 is 10.4 Å². The predicted octanol–water partition coefficient (Wildman–Crippen LogP) is 2.48. The van der Waals surface area contributed by atoms with E-state index in [9.17, 15) is 4.79 Å². The summed E-state index contributed by atoms with van der Waals surface area (Å²) in [5.74, 6) is 0. The van der Waals surface area contributed by atoms with Gasteiger partial charge in [-0.05, 0) is 18.4 Å². The number of rotatable bonds is 4. The molecule has 1 heterocycles. The maximum atomic E-state index is 10.6. The molecule has 0 spiro atoms. The van der Waals surface area contributed by atoms with E-state index in [1.807, 2.05) is 6.07 Å². The Labute approximate surface area is 108 Å². The van der Waals surface area contributed by atoms with Crippen LogP contribution in [0.3, 0.4) is 0 Å². The molecule has 0 aliphatic carbocycles. The van der Waals surface area contributed by atoms with Crippen LogP contribution in [-0.4, -0.2) is 35.2 Å². The number of carbonyl (C=O) groups is 1. The van der Waals surface area contributed by atoms with E-state index >= 15 is 0 Å². The molecule has 2 atom stereocenters. The van der Waals surface area contributed by atoms with Crippen molar-refractivity contribution in [2.75, 3.05) is 13.1 Å². The number of likely N-dealkylation sites (tertiary alicyclic amines) is 1. The molecule has 1 unspecified atom stereocenters. The fourth-order valence-electron chi connectivity index (χ4n) is 2.74. The Morgan fingerprint density at radius 3 is 2.83 bits per heavy atom. The number of carboxylic acid groups (broad SMARTS) is 1. The maximum absolute atomic E-state index is 10.6. The molecule has 4 heteroatoms. The molecule has 2 rings (SSSR count). The molecule has 98 valence electrons. The van der Waals surface area contributed by atoms with Gasteiger partial charge in [0.2, 0.25) is 0 Å². The molecule has 18 heavy (non-hydrogen) atoms. The van der Waals surface area contributed by atoms with Crippen LogP contribution >= 0.6 is 0 Å². The Morgan fingerprint density at radius 1 is 1.50 bits per heavy atom. The number of hydrogen-bond donors (Lipinski definition) is 2. The van der Waals surface area contributed by atoms with Crippen molar-refractivity contribution in [3.63, 3.8) is 0 Å². The van der Waals surface area contributed by atoms with Crippen molar-refractivity contribution in [3.05, 3.63) is 35.9 Å². The van der Waals surface area contributed by atoms with Crippen molar-refractivity contribution >= 4 is 6.09 Å². The Balaban J connectivity index is 2.00. The average molecular weight is 248 g/mol. The topological polar surface area (TPSA) is 52.6 Å². The molecule has 1 aromatic rings. The van der Waals surface area contributed by atoms with Crippen molar-refractivity contribution in [2.24, 2.45) is 0 Å². The summed E-state index contributed by atoms with van der Waals surface area (Å²) in [6.07, 6.45) is 1.02. The van der Waals surface area contributed by atoms with E-state index in [0.29, 0.717) is 6.04 Å². The first-order valence-corrected chi connectivity index (χ1v) is 6.49. The number of hydrogen-bond acceptors (Lipinski definition) is 2. The van der Waals surface area contributed by atoms with Gasteiger partial charge in [-0.3, -0.25) is 4.90 Å². The summed E-state index contributed by atoms with van der Waals surface area (Å²) in [5, 5.41) is 11.3. The smallest absolute Gasteiger partial charge is 0.404 e. The highest BCUT2D eigenvalue weighted by atomic mass is 16.4. The Morgan fingerprint density at radius 2 is 2.22 bits per heavy atom. The number of benzene rings is 1. The van der Waals surface area contributed by atoms with Crippen LogP contribution < -0.4 is 5.32 Å². The van der Waals surface area contributed by atoms with Gasteiger partial charge in [-0.1, -0.05) is 37.3 Å². The third kappa shape index (κ3) is 3.01. The predicted molar refractivity (Wildman–Crippen MR) is 70.6 cm³/mol. The quantitative estimate of drug-likeness (QED) is 0.860. The van der Waals surface area contributed by atoms with E-state index in [2.05, 4.69) is 41.4 Å². The summed E-state index contributed by atoms with van der Waals surface area (Å²) in [4.78, 5) is 13.0. The molecule has 0 bridgehead atoms. The van der Waals surface area contributed by atoms with Crippen LogP contribution in [0.5, 0.6) is 0 Å². The van der Waals surface area contributed by atoms with Crippen molar-refractivity contribution in [1.29, 1.82) is 0 Å². The van der Waals surface area contributed by atoms with Crippen molar-refractivity contribution in [3.8, 4) is 0 Å². The van der Waals surface area contributed by atoms with Crippen LogP contribution in [0.15, 0.2) is 30.3 Å². The second kappa shape index (κ2) is 5.87. The van der Waals surface area contributed by atoms with E-state index in [0.717, 1.165) is 25.9 Å². The first-order chi connectivity index (χ1) is 8.70. The number of nitrogens with one attached hydrogen (secondary N) is 1. The van der Waals surface area contributed by atoms with Crippen molar-refractivity contribution < 1.29 is 9.90 Å². The molecule has 2 N–H and O–H groups in total. The van der Waals surface area contributed by atoms with Crippen molar-refractivity contribution in [2.45, 2.75) is 31.8 Å². The third-order valence-corrected chi connectivity index (χ3v) is 3.56. The number of nitrogens with zero attached hydrogens (tertiary/aromatic N) is 1. The second-order valence-electron chi connectivity index (χ2n) is 4.76. The molecule has 1 amide bonds. The van der Waals surface area contributed by atoms with Crippen molar-refractivity contribution in [1.82, 2.24) is 10.2 Å². The summed E-state index contributed by atoms with van der Waals surface area (Å²) in [5.41, 5.74) is 1.32. The molecule has 4 nitrogen and oxygen atoms in total. The molecule has 1 aliphatic heterocycles. The summed E-state index contributed by atoms with van der Waals surface area (Å²) >= 11 is 0. The standard InChI is InChI=1S/C14H20N2O2/c1-2-13(11-6-4-3-5-7-11)16-9-8-12(10-16)15-14(17)18/h3-7,12-13,15H,2,8-10H2,1H3,(H,17,18)/t12-,13?/m0/s1. The van der Waals surface area contributed by atoms with Gasteiger partial charge in [0.25, 0.3) is 0 Å². The lowest BCUT2D eigenvalue weighted by Gasteiger charge is -2.27. The van der Waals surface area contributed by atoms with Crippen LogP contribution in [0, 0.1) is 0 Å². The molecule has 1 aromatic carbocycles. The van der Waals surface area contributed by atoms with Gasteiger partial charge in [0.15, 0.2) is 0 Å². The third-order valence-electron chi connectivity index (χ3n) is 3.56. The van der Waals surface area contributed by atoms with Crippen LogP contribution in [0.2, 0.25) is 0 Å².